The highest BCUT2D eigenvalue weighted by molar-refractivity contribution is 9.10. The molecule has 0 saturated heterocycles. The lowest BCUT2D eigenvalue weighted by Crippen LogP contribution is -2.26. The van der Waals surface area contributed by atoms with Crippen LogP contribution in [0, 0.1) is 5.92 Å². The molecule has 1 atom stereocenters. The summed E-state index contributed by atoms with van der Waals surface area (Å²) in [6.07, 6.45) is 7.69. The Morgan fingerprint density at radius 1 is 1.58 bits per heavy atom. The van der Waals surface area contributed by atoms with Crippen LogP contribution in [0.2, 0.25) is 0 Å². The van der Waals surface area contributed by atoms with Crippen molar-refractivity contribution >= 4 is 21.6 Å². The Bertz CT molecular complexity index is 482. The predicted molar refractivity (Wildman–Crippen MR) is 81.5 cm³/mol. The molecule has 5 heteroatoms. The summed E-state index contributed by atoms with van der Waals surface area (Å²) in [5, 5.41) is 7.62. The van der Waals surface area contributed by atoms with Crippen LogP contribution >= 0.6 is 15.9 Å². The van der Waals surface area contributed by atoms with Crippen molar-refractivity contribution in [3.05, 3.63) is 21.0 Å². The number of unbranched alkanes of at least 4 members (excludes halogenated alkanes) is 1. The summed E-state index contributed by atoms with van der Waals surface area (Å²) in [5.41, 5.74) is 0.778. The molecule has 1 aliphatic rings. The van der Waals surface area contributed by atoms with E-state index in [1.165, 1.54) is 25.7 Å². The molecule has 4 nitrogen and oxygen atoms in total. The molecule has 0 aliphatic heterocycles. The van der Waals surface area contributed by atoms with Crippen LogP contribution in [-0.2, 0) is 6.54 Å². The first-order valence-corrected chi connectivity index (χ1v) is 7.93. The number of nitrogens with zero attached hydrogens (tertiary/aromatic N) is 2. The second kappa shape index (κ2) is 6.55. The summed E-state index contributed by atoms with van der Waals surface area (Å²) in [6, 6.07) is 0.358. The van der Waals surface area contributed by atoms with Gasteiger partial charge in [0.1, 0.15) is 4.47 Å². The van der Waals surface area contributed by atoms with Gasteiger partial charge in [0, 0.05) is 12.6 Å². The highest BCUT2D eigenvalue weighted by atomic mass is 79.9. The van der Waals surface area contributed by atoms with E-state index in [4.69, 9.17) is 0 Å². The highest BCUT2D eigenvalue weighted by Gasteiger charge is 2.23. The lowest BCUT2D eigenvalue weighted by Gasteiger charge is -2.16. The van der Waals surface area contributed by atoms with Crippen LogP contribution in [0.5, 0.6) is 0 Å². The molecule has 0 aromatic carbocycles. The Kier molecular flexibility index (Phi) is 5.02. The number of rotatable bonds is 7. The Labute approximate surface area is 122 Å². The van der Waals surface area contributed by atoms with Gasteiger partial charge in [-0.1, -0.05) is 19.8 Å². The SMILES string of the molecule is CCCCC(C)Nc1cnn(CC2CC2)c(=O)c1Br. The zero-order valence-electron chi connectivity index (χ0n) is 11.7. The van der Waals surface area contributed by atoms with Gasteiger partial charge in [-0.2, -0.15) is 5.10 Å². The second-order valence-electron chi connectivity index (χ2n) is 5.49. The molecule has 0 radical (unpaired) electrons. The topological polar surface area (TPSA) is 46.9 Å². The van der Waals surface area contributed by atoms with Gasteiger partial charge in [0.2, 0.25) is 0 Å². The van der Waals surface area contributed by atoms with Crippen molar-refractivity contribution in [1.82, 2.24) is 9.78 Å². The highest BCUT2D eigenvalue weighted by Crippen LogP contribution is 2.30. The van der Waals surface area contributed by atoms with E-state index in [0.717, 1.165) is 18.7 Å². The minimum absolute atomic E-state index is 0.0282. The summed E-state index contributed by atoms with van der Waals surface area (Å²) in [6.45, 7) is 5.07. The molecule has 0 bridgehead atoms. The summed E-state index contributed by atoms with van der Waals surface area (Å²) in [4.78, 5) is 12.2. The first-order chi connectivity index (χ1) is 9.11. The molecule has 1 aromatic heterocycles. The minimum atomic E-state index is -0.0282. The third-order valence-corrected chi connectivity index (χ3v) is 4.27. The van der Waals surface area contributed by atoms with Crippen LogP contribution in [0.25, 0.3) is 0 Å². The van der Waals surface area contributed by atoms with Gasteiger partial charge in [0.15, 0.2) is 0 Å². The van der Waals surface area contributed by atoms with Gasteiger partial charge in [0.05, 0.1) is 11.9 Å². The number of nitrogens with one attached hydrogen (secondary N) is 1. The van der Waals surface area contributed by atoms with Crippen molar-refractivity contribution in [2.75, 3.05) is 5.32 Å². The van der Waals surface area contributed by atoms with Crippen LogP contribution < -0.4 is 10.9 Å². The summed E-state index contributed by atoms with van der Waals surface area (Å²) >= 11 is 3.40. The van der Waals surface area contributed by atoms with E-state index in [-0.39, 0.29) is 5.56 Å². The Balaban J connectivity index is 2.04. The fourth-order valence-electron chi connectivity index (χ4n) is 2.09. The molecular formula is C14H22BrN3O. The van der Waals surface area contributed by atoms with Gasteiger partial charge in [-0.3, -0.25) is 4.79 Å². The predicted octanol–water partition coefficient (Wildman–Crippen LogP) is 3.41. The van der Waals surface area contributed by atoms with Gasteiger partial charge in [-0.25, -0.2) is 4.68 Å². The van der Waals surface area contributed by atoms with Crippen LogP contribution in [0.15, 0.2) is 15.5 Å². The first kappa shape index (κ1) is 14.6. The summed E-state index contributed by atoms with van der Waals surface area (Å²) in [5.74, 6) is 0.652. The first-order valence-electron chi connectivity index (χ1n) is 7.14. The van der Waals surface area contributed by atoms with Crippen LogP contribution in [0.3, 0.4) is 0 Å². The van der Waals surface area contributed by atoms with Crippen LogP contribution in [-0.4, -0.2) is 15.8 Å². The van der Waals surface area contributed by atoms with Crippen molar-refractivity contribution in [2.24, 2.45) is 5.92 Å². The zero-order chi connectivity index (χ0) is 13.8. The maximum absolute atomic E-state index is 12.2. The van der Waals surface area contributed by atoms with E-state index in [0.29, 0.717) is 16.4 Å². The molecular weight excluding hydrogens is 306 g/mol. The molecule has 1 N–H and O–H groups in total. The number of hydrogen-bond donors (Lipinski definition) is 1. The fraction of sp³-hybridized carbons (Fsp3) is 0.714. The van der Waals surface area contributed by atoms with E-state index in [2.05, 4.69) is 40.2 Å². The molecule has 1 heterocycles. The molecule has 0 amide bonds. The van der Waals surface area contributed by atoms with E-state index < -0.39 is 0 Å². The standard InChI is InChI=1S/C14H22BrN3O/c1-3-4-5-10(2)17-12-8-16-18(9-11-6-7-11)14(19)13(12)15/h8,10-11,17H,3-7,9H2,1-2H3. The third-order valence-electron chi connectivity index (χ3n) is 3.51. The number of aromatic nitrogens is 2. The van der Waals surface area contributed by atoms with Gasteiger partial charge in [-0.05, 0) is 48.0 Å². The molecule has 0 spiro atoms. The lowest BCUT2D eigenvalue weighted by molar-refractivity contribution is 0.531. The Morgan fingerprint density at radius 3 is 2.95 bits per heavy atom. The number of anilines is 1. The lowest BCUT2D eigenvalue weighted by atomic mass is 10.1. The van der Waals surface area contributed by atoms with Crippen LogP contribution in [0.4, 0.5) is 5.69 Å². The second-order valence-corrected chi connectivity index (χ2v) is 6.28. The molecule has 1 unspecified atom stereocenters. The van der Waals surface area contributed by atoms with Crippen molar-refractivity contribution in [1.29, 1.82) is 0 Å². The summed E-state index contributed by atoms with van der Waals surface area (Å²) < 4.78 is 2.18. The molecule has 2 rings (SSSR count). The third kappa shape index (κ3) is 4.06. The molecule has 1 saturated carbocycles. The quantitative estimate of drug-likeness (QED) is 0.834. The van der Waals surface area contributed by atoms with Crippen molar-refractivity contribution in [3.63, 3.8) is 0 Å². The average Bonchev–Trinajstić information content (AvgIpc) is 3.20. The fourth-order valence-corrected chi connectivity index (χ4v) is 2.51. The normalized spacial score (nSPS) is 16.4. The molecule has 1 fully saturated rings. The molecule has 19 heavy (non-hydrogen) atoms. The Morgan fingerprint density at radius 2 is 2.32 bits per heavy atom. The van der Waals surface area contributed by atoms with Crippen molar-refractivity contribution in [3.8, 4) is 0 Å². The van der Waals surface area contributed by atoms with Gasteiger partial charge >= 0.3 is 0 Å². The van der Waals surface area contributed by atoms with Gasteiger partial charge < -0.3 is 5.32 Å². The zero-order valence-corrected chi connectivity index (χ0v) is 13.2. The summed E-state index contributed by atoms with van der Waals surface area (Å²) in [7, 11) is 0. The number of hydrogen-bond acceptors (Lipinski definition) is 3. The number of halogens is 1. The largest absolute Gasteiger partial charge is 0.380 e. The van der Waals surface area contributed by atoms with Crippen molar-refractivity contribution in [2.45, 2.75) is 58.5 Å². The van der Waals surface area contributed by atoms with E-state index in [1.807, 2.05) is 0 Å². The average molecular weight is 328 g/mol. The Hall–Kier alpha value is -0.840. The van der Waals surface area contributed by atoms with E-state index >= 15 is 0 Å². The molecule has 1 aromatic rings. The van der Waals surface area contributed by atoms with E-state index in [9.17, 15) is 4.79 Å². The molecule has 106 valence electrons. The smallest absolute Gasteiger partial charge is 0.283 e. The van der Waals surface area contributed by atoms with Crippen LogP contribution in [0.1, 0.15) is 46.0 Å². The maximum atomic E-state index is 12.2. The van der Waals surface area contributed by atoms with Gasteiger partial charge in [0.25, 0.3) is 5.56 Å². The maximum Gasteiger partial charge on any atom is 0.283 e. The van der Waals surface area contributed by atoms with Gasteiger partial charge in [-0.15, -0.1) is 0 Å². The molecule has 1 aliphatic carbocycles. The van der Waals surface area contributed by atoms with E-state index in [1.54, 1.807) is 10.9 Å². The van der Waals surface area contributed by atoms with Crippen molar-refractivity contribution < 1.29 is 0 Å². The monoisotopic (exact) mass is 327 g/mol. The minimum Gasteiger partial charge on any atom is -0.380 e.